The fraction of sp³-hybridized carbons (Fsp3) is 0.273. The quantitative estimate of drug-likeness (QED) is 0.774. The summed E-state index contributed by atoms with van der Waals surface area (Å²) in [4.78, 5) is 22.6. The van der Waals surface area contributed by atoms with Crippen LogP contribution in [0.2, 0.25) is 0 Å². The minimum atomic E-state index is -0.615. The zero-order valence-electron chi connectivity index (χ0n) is 9.77. The van der Waals surface area contributed by atoms with Crippen LogP contribution in [-0.2, 0) is 9.59 Å². The maximum absolute atomic E-state index is 11.4. The Kier molecular flexibility index (Phi) is 7.58. The Hall–Kier alpha value is -1.11. The molecule has 2 amide bonds. The summed E-state index contributed by atoms with van der Waals surface area (Å²) in [7, 11) is 0. The standard InChI is InChI=1S/C11H14BrN3O2.ClH/c1-7(13)11(17)14-6-10(16)15-9-4-2-8(12)3-5-9;/h2-5,7H,6,13H2,1H3,(H,14,17)(H,15,16);1H/t7-;/m0./s1. The summed E-state index contributed by atoms with van der Waals surface area (Å²) in [5.41, 5.74) is 6.02. The van der Waals surface area contributed by atoms with E-state index in [1.54, 1.807) is 19.1 Å². The van der Waals surface area contributed by atoms with E-state index in [0.717, 1.165) is 4.47 Å². The molecule has 0 aliphatic rings. The van der Waals surface area contributed by atoms with Gasteiger partial charge in [0.1, 0.15) is 0 Å². The molecule has 100 valence electrons. The van der Waals surface area contributed by atoms with Crippen molar-refractivity contribution in [2.24, 2.45) is 5.73 Å². The van der Waals surface area contributed by atoms with E-state index >= 15 is 0 Å². The van der Waals surface area contributed by atoms with Gasteiger partial charge in [-0.3, -0.25) is 9.59 Å². The van der Waals surface area contributed by atoms with Gasteiger partial charge in [-0.1, -0.05) is 15.9 Å². The molecule has 4 N–H and O–H groups in total. The summed E-state index contributed by atoms with van der Waals surface area (Å²) >= 11 is 3.29. The van der Waals surface area contributed by atoms with Crippen LogP contribution in [0.1, 0.15) is 6.92 Å². The number of halogens is 2. The molecule has 1 aromatic rings. The molecule has 0 aliphatic carbocycles. The van der Waals surface area contributed by atoms with Crippen LogP contribution in [0, 0.1) is 0 Å². The van der Waals surface area contributed by atoms with Gasteiger partial charge >= 0.3 is 0 Å². The first-order chi connectivity index (χ1) is 7.99. The Morgan fingerprint density at radius 2 is 1.89 bits per heavy atom. The summed E-state index contributed by atoms with van der Waals surface area (Å²) in [6.07, 6.45) is 0. The van der Waals surface area contributed by atoms with Crippen molar-refractivity contribution in [1.29, 1.82) is 0 Å². The largest absolute Gasteiger partial charge is 0.346 e. The second kappa shape index (κ2) is 8.07. The maximum atomic E-state index is 11.4. The minimum Gasteiger partial charge on any atom is -0.346 e. The van der Waals surface area contributed by atoms with Gasteiger partial charge in [0.15, 0.2) is 0 Å². The van der Waals surface area contributed by atoms with Crippen molar-refractivity contribution in [3.8, 4) is 0 Å². The third-order valence-electron chi connectivity index (χ3n) is 1.96. The van der Waals surface area contributed by atoms with E-state index in [1.807, 2.05) is 12.1 Å². The predicted octanol–water partition coefficient (Wildman–Crippen LogP) is 1.27. The van der Waals surface area contributed by atoms with Gasteiger partial charge in [0.25, 0.3) is 0 Å². The number of anilines is 1. The van der Waals surface area contributed by atoms with Crippen LogP contribution in [0.3, 0.4) is 0 Å². The van der Waals surface area contributed by atoms with Gasteiger partial charge in [0.05, 0.1) is 12.6 Å². The normalized spacial score (nSPS) is 11.1. The second-order valence-electron chi connectivity index (χ2n) is 3.56. The van der Waals surface area contributed by atoms with Crippen LogP contribution in [-0.4, -0.2) is 24.4 Å². The number of hydrogen-bond acceptors (Lipinski definition) is 3. The third kappa shape index (κ3) is 6.00. The van der Waals surface area contributed by atoms with Crippen LogP contribution in [0.4, 0.5) is 5.69 Å². The van der Waals surface area contributed by atoms with Crippen LogP contribution in [0.15, 0.2) is 28.7 Å². The molecule has 0 aliphatic heterocycles. The van der Waals surface area contributed by atoms with Crippen molar-refractivity contribution in [2.75, 3.05) is 11.9 Å². The monoisotopic (exact) mass is 335 g/mol. The molecule has 7 heteroatoms. The average Bonchev–Trinajstić information content (AvgIpc) is 2.29. The molecule has 1 rings (SSSR count). The van der Waals surface area contributed by atoms with Crippen LogP contribution in [0.25, 0.3) is 0 Å². The summed E-state index contributed by atoms with van der Waals surface area (Å²) < 4.78 is 0.931. The molecule has 1 aromatic carbocycles. The molecule has 0 radical (unpaired) electrons. The molecule has 1 atom stereocenters. The lowest BCUT2D eigenvalue weighted by atomic mass is 10.3. The number of carbonyl (C=O) groups excluding carboxylic acids is 2. The molecule has 0 fully saturated rings. The van der Waals surface area contributed by atoms with Crippen molar-refractivity contribution in [1.82, 2.24) is 5.32 Å². The highest BCUT2D eigenvalue weighted by Crippen LogP contribution is 2.13. The van der Waals surface area contributed by atoms with Gasteiger partial charge in [-0.05, 0) is 31.2 Å². The van der Waals surface area contributed by atoms with E-state index in [4.69, 9.17) is 5.73 Å². The first kappa shape index (κ1) is 16.9. The fourth-order valence-corrected chi connectivity index (χ4v) is 1.33. The Balaban J connectivity index is 0.00000289. The first-order valence-electron chi connectivity index (χ1n) is 5.08. The molecular weight excluding hydrogens is 321 g/mol. The molecule has 18 heavy (non-hydrogen) atoms. The minimum absolute atomic E-state index is 0. The lowest BCUT2D eigenvalue weighted by Crippen LogP contribution is -2.41. The van der Waals surface area contributed by atoms with E-state index in [-0.39, 0.29) is 30.8 Å². The molecule has 0 aromatic heterocycles. The molecular formula is C11H15BrClN3O2. The van der Waals surface area contributed by atoms with E-state index in [2.05, 4.69) is 26.6 Å². The van der Waals surface area contributed by atoms with E-state index in [0.29, 0.717) is 5.69 Å². The Morgan fingerprint density at radius 1 is 1.33 bits per heavy atom. The predicted molar refractivity (Wildman–Crippen MR) is 76.7 cm³/mol. The van der Waals surface area contributed by atoms with Crippen molar-refractivity contribution in [3.05, 3.63) is 28.7 Å². The lowest BCUT2D eigenvalue weighted by Gasteiger charge is -2.08. The average molecular weight is 337 g/mol. The number of carbonyl (C=O) groups is 2. The number of nitrogens with one attached hydrogen (secondary N) is 2. The third-order valence-corrected chi connectivity index (χ3v) is 2.49. The van der Waals surface area contributed by atoms with Crippen LogP contribution < -0.4 is 16.4 Å². The van der Waals surface area contributed by atoms with Crippen molar-refractivity contribution < 1.29 is 9.59 Å². The van der Waals surface area contributed by atoms with Crippen molar-refractivity contribution in [3.63, 3.8) is 0 Å². The molecule has 0 unspecified atom stereocenters. The van der Waals surface area contributed by atoms with E-state index in [1.165, 1.54) is 0 Å². The molecule has 0 heterocycles. The molecule has 0 saturated carbocycles. The molecule has 0 saturated heterocycles. The Bertz CT molecular complexity index is 409. The highest BCUT2D eigenvalue weighted by Gasteiger charge is 2.09. The molecule has 0 bridgehead atoms. The Morgan fingerprint density at radius 3 is 2.39 bits per heavy atom. The van der Waals surface area contributed by atoms with Gasteiger partial charge in [-0.2, -0.15) is 0 Å². The van der Waals surface area contributed by atoms with E-state index in [9.17, 15) is 9.59 Å². The topological polar surface area (TPSA) is 84.2 Å². The Labute approximate surface area is 120 Å². The molecule has 5 nitrogen and oxygen atoms in total. The van der Waals surface area contributed by atoms with Gasteiger partial charge in [-0.25, -0.2) is 0 Å². The van der Waals surface area contributed by atoms with Gasteiger partial charge in [0, 0.05) is 10.2 Å². The van der Waals surface area contributed by atoms with Crippen LogP contribution in [0.5, 0.6) is 0 Å². The van der Waals surface area contributed by atoms with Gasteiger partial charge in [0.2, 0.25) is 11.8 Å². The fourth-order valence-electron chi connectivity index (χ4n) is 1.07. The smallest absolute Gasteiger partial charge is 0.243 e. The summed E-state index contributed by atoms with van der Waals surface area (Å²) in [5.74, 6) is -0.641. The lowest BCUT2D eigenvalue weighted by molar-refractivity contribution is -0.124. The molecule has 0 spiro atoms. The summed E-state index contributed by atoms with van der Waals surface area (Å²) in [6, 6.07) is 6.53. The summed E-state index contributed by atoms with van der Waals surface area (Å²) in [6.45, 7) is 1.47. The zero-order chi connectivity index (χ0) is 12.8. The summed E-state index contributed by atoms with van der Waals surface area (Å²) in [5, 5.41) is 5.08. The van der Waals surface area contributed by atoms with Crippen molar-refractivity contribution in [2.45, 2.75) is 13.0 Å². The van der Waals surface area contributed by atoms with Crippen molar-refractivity contribution >= 4 is 45.8 Å². The maximum Gasteiger partial charge on any atom is 0.243 e. The zero-order valence-corrected chi connectivity index (χ0v) is 12.2. The number of benzene rings is 1. The highest BCUT2D eigenvalue weighted by atomic mass is 79.9. The number of hydrogen-bond donors (Lipinski definition) is 3. The number of amides is 2. The van der Waals surface area contributed by atoms with Gasteiger partial charge in [-0.15, -0.1) is 12.4 Å². The van der Waals surface area contributed by atoms with Gasteiger partial charge < -0.3 is 16.4 Å². The highest BCUT2D eigenvalue weighted by molar-refractivity contribution is 9.10. The SMILES string of the molecule is C[C@H](N)C(=O)NCC(=O)Nc1ccc(Br)cc1.Cl. The first-order valence-corrected chi connectivity index (χ1v) is 5.87. The second-order valence-corrected chi connectivity index (χ2v) is 4.48. The number of rotatable bonds is 4. The van der Waals surface area contributed by atoms with Crippen LogP contribution >= 0.6 is 28.3 Å². The van der Waals surface area contributed by atoms with E-state index < -0.39 is 6.04 Å². The number of nitrogens with two attached hydrogens (primary N) is 1.